The largest absolute Gasteiger partial charge is 0.345 e. The van der Waals surface area contributed by atoms with Gasteiger partial charge in [0.05, 0.1) is 28.7 Å². The SMILES string of the molecule is CC(C)C[C@H](NC(=O)c1ccccc1N(Cc1ccccc1)S(=O)(=O)c1ccccc1)c1ccccc1. The van der Waals surface area contributed by atoms with Crippen LogP contribution in [0.3, 0.4) is 0 Å². The van der Waals surface area contributed by atoms with Crippen LogP contribution in [-0.2, 0) is 16.6 Å². The summed E-state index contributed by atoms with van der Waals surface area (Å²) in [7, 11) is -3.95. The predicted octanol–water partition coefficient (Wildman–Crippen LogP) is 6.60. The molecule has 4 aromatic rings. The minimum Gasteiger partial charge on any atom is -0.345 e. The van der Waals surface area contributed by atoms with Crippen LogP contribution in [0.5, 0.6) is 0 Å². The summed E-state index contributed by atoms with van der Waals surface area (Å²) in [5, 5.41) is 3.17. The molecular weight excluding hydrogens is 480 g/mol. The van der Waals surface area contributed by atoms with Crippen LogP contribution < -0.4 is 9.62 Å². The third kappa shape index (κ3) is 6.46. The van der Waals surface area contributed by atoms with Gasteiger partial charge in [0, 0.05) is 0 Å². The van der Waals surface area contributed by atoms with Crippen LogP contribution in [0.15, 0.2) is 120 Å². The molecule has 190 valence electrons. The van der Waals surface area contributed by atoms with Crippen molar-refractivity contribution in [2.45, 2.75) is 37.8 Å². The van der Waals surface area contributed by atoms with Gasteiger partial charge in [-0.1, -0.05) is 105 Å². The first-order valence-electron chi connectivity index (χ1n) is 12.4. The van der Waals surface area contributed by atoms with E-state index in [1.165, 1.54) is 4.31 Å². The van der Waals surface area contributed by atoms with Crippen molar-refractivity contribution < 1.29 is 13.2 Å². The molecule has 0 unspecified atom stereocenters. The number of nitrogens with zero attached hydrogens (tertiary/aromatic N) is 1. The fraction of sp³-hybridized carbons (Fsp3) is 0.194. The van der Waals surface area contributed by atoms with Crippen LogP contribution in [0.2, 0.25) is 0 Å². The molecule has 0 radical (unpaired) electrons. The van der Waals surface area contributed by atoms with Crippen molar-refractivity contribution >= 4 is 21.6 Å². The van der Waals surface area contributed by atoms with E-state index in [0.29, 0.717) is 17.2 Å². The van der Waals surface area contributed by atoms with Gasteiger partial charge in [0.2, 0.25) is 0 Å². The van der Waals surface area contributed by atoms with E-state index in [9.17, 15) is 13.2 Å². The summed E-state index contributed by atoms with van der Waals surface area (Å²) < 4.78 is 29.1. The zero-order chi connectivity index (χ0) is 26.3. The molecule has 0 spiro atoms. The van der Waals surface area contributed by atoms with Gasteiger partial charge in [0.15, 0.2) is 0 Å². The summed E-state index contributed by atoms with van der Waals surface area (Å²) in [6, 6.07) is 34.3. The van der Waals surface area contributed by atoms with E-state index in [1.54, 1.807) is 54.6 Å². The van der Waals surface area contributed by atoms with E-state index in [-0.39, 0.29) is 23.4 Å². The molecule has 0 aliphatic rings. The van der Waals surface area contributed by atoms with E-state index < -0.39 is 10.0 Å². The predicted molar refractivity (Wildman–Crippen MR) is 149 cm³/mol. The molecule has 1 N–H and O–H groups in total. The molecular formula is C31H32N2O3S. The number of nitrogens with one attached hydrogen (secondary N) is 1. The van der Waals surface area contributed by atoms with Crippen LogP contribution in [0.4, 0.5) is 5.69 Å². The lowest BCUT2D eigenvalue weighted by atomic mass is 9.96. The van der Waals surface area contributed by atoms with Crippen LogP contribution in [0.1, 0.15) is 47.8 Å². The summed E-state index contributed by atoms with van der Waals surface area (Å²) in [4.78, 5) is 13.9. The van der Waals surface area contributed by atoms with Gasteiger partial charge in [-0.25, -0.2) is 8.42 Å². The van der Waals surface area contributed by atoms with Crippen LogP contribution >= 0.6 is 0 Å². The molecule has 0 aliphatic heterocycles. The maximum absolute atomic E-state index is 13.9. The maximum Gasteiger partial charge on any atom is 0.264 e. The van der Waals surface area contributed by atoms with Gasteiger partial charge in [-0.05, 0) is 47.7 Å². The van der Waals surface area contributed by atoms with E-state index >= 15 is 0 Å². The number of anilines is 1. The molecule has 1 amide bonds. The van der Waals surface area contributed by atoms with Crippen molar-refractivity contribution in [1.82, 2.24) is 5.32 Å². The number of para-hydroxylation sites is 1. The number of amides is 1. The Kier molecular flexibility index (Phi) is 8.41. The Balaban J connectivity index is 1.75. The van der Waals surface area contributed by atoms with Gasteiger partial charge < -0.3 is 5.32 Å². The van der Waals surface area contributed by atoms with Crippen LogP contribution in [0.25, 0.3) is 0 Å². The lowest BCUT2D eigenvalue weighted by Crippen LogP contribution is -2.35. The standard InChI is InChI=1S/C31H32N2O3S/c1-24(2)22-29(26-16-8-4-9-17-26)32-31(34)28-20-12-13-21-30(28)33(23-25-14-6-3-7-15-25)37(35,36)27-18-10-5-11-19-27/h3-21,24,29H,22-23H2,1-2H3,(H,32,34)/t29-/m0/s1. The number of hydrogen-bond acceptors (Lipinski definition) is 3. The molecule has 0 saturated carbocycles. The van der Waals surface area contributed by atoms with E-state index in [1.807, 2.05) is 60.7 Å². The Hall–Kier alpha value is -3.90. The first-order chi connectivity index (χ1) is 17.9. The van der Waals surface area contributed by atoms with E-state index in [4.69, 9.17) is 0 Å². The minimum absolute atomic E-state index is 0.0937. The second-order valence-corrected chi connectivity index (χ2v) is 11.3. The molecule has 0 saturated heterocycles. The lowest BCUT2D eigenvalue weighted by Gasteiger charge is -2.27. The summed E-state index contributed by atoms with van der Waals surface area (Å²) in [5.41, 5.74) is 2.48. The molecule has 0 fully saturated rings. The zero-order valence-electron chi connectivity index (χ0n) is 21.1. The Bertz CT molecular complexity index is 1410. The fourth-order valence-corrected chi connectivity index (χ4v) is 5.82. The Morgan fingerprint density at radius 2 is 1.30 bits per heavy atom. The quantitative estimate of drug-likeness (QED) is 0.260. The molecule has 0 aromatic heterocycles. The van der Waals surface area contributed by atoms with Crippen molar-refractivity contribution in [3.8, 4) is 0 Å². The highest BCUT2D eigenvalue weighted by atomic mass is 32.2. The average molecular weight is 513 g/mol. The second-order valence-electron chi connectivity index (χ2n) is 9.39. The molecule has 6 heteroatoms. The van der Waals surface area contributed by atoms with Crippen molar-refractivity contribution in [1.29, 1.82) is 0 Å². The van der Waals surface area contributed by atoms with Gasteiger partial charge in [-0.15, -0.1) is 0 Å². The Labute approximate surface area is 219 Å². The monoisotopic (exact) mass is 512 g/mol. The molecule has 0 heterocycles. The van der Waals surface area contributed by atoms with Crippen molar-refractivity contribution in [2.24, 2.45) is 5.92 Å². The number of sulfonamides is 1. The smallest absolute Gasteiger partial charge is 0.264 e. The maximum atomic E-state index is 13.9. The second kappa shape index (κ2) is 11.9. The van der Waals surface area contributed by atoms with Crippen molar-refractivity contribution in [3.05, 3.63) is 132 Å². The number of hydrogen-bond donors (Lipinski definition) is 1. The van der Waals surface area contributed by atoms with Gasteiger partial charge in [-0.2, -0.15) is 0 Å². The third-order valence-corrected chi connectivity index (χ3v) is 7.91. The first kappa shape index (κ1) is 26.2. The average Bonchev–Trinajstić information content (AvgIpc) is 2.92. The molecule has 4 aromatic carbocycles. The van der Waals surface area contributed by atoms with Crippen molar-refractivity contribution in [2.75, 3.05) is 4.31 Å². The number of carbonyl (C=O) groups is 1. The molecule has 4 rings (SSSR count). The van der Waals surface area contributed by atoms with Gasteiger partial charge in [0.1, 0.15) is 0 Å². The molecule has 0 bridgehead atoms. The number of rotatable bonds is 10. The normalized spacial score (nSPS) is 12.2. The summed E-state index contributed by atoms with van der Waals surface area (Å²) in [5.74, 6) is 0.0419. The first-order valence-corrected chi connectivity index (χ1v) is 13.9. The number of benzene rings is 4. The van der Waals surface area contributed by atoms with Gasteiger partial charge >= 0.3 is 0 Å². The Morgan fingerprint density at radius 3 is 1.92 bits per heavy atom. The van der Waals surface area contributed by atoms with Gasteiger partial charge in [0.25, 0.3) is 15.9 Å². The van der Waals surface area contributed by atoms with Crippen LogP contribution in [0, 0.1) is 5.92 Å². The minimum atomic E-state index is -3.95. The zero-order valence-corrected chi connectivity index (χ0v) is 21.9. The fourth-order valence-electron chi connectivity index (χ4n) is 4.32. The van der Waals surface area contributed by atoms with Gasteiger partial charge in [-0.3, -0.25) is 9.10 Å². The third-order valence-electron chi connectivity index (χ3n) is 6.13. The number of carbonyl (C=O) groups excluding carboxylic acids is 1. The molecule has 0 aliphatic carbocycles. The molecule has 5 nitrogen and oxygen atoms in total. The van der Waals surface area contributed by atoms with Crippen LogP contribution in [-0.4, -0.2) is 14.3 Å². The molecule has 37 heavy (non-hydrogen) atoms. The lowest BCUT2D eigenvalue weighted by molar-refractivity contribution is 0.0932. The van der Waals surface area contributed by atoms with E-state index in [2.05, 4.69) is 19.2 Å². The summed E-state index contributed by atoms with van der Waals surface area (Å²) in [6.07, 6.45) is 0.758. The highest BCUT2D eigenvalue weighted by Crippen LogP contribution is 2.30. The molecule has 1 atom stereocenters. The highest BCUT2D eigenvalue weighted by Gasteiger charge is 2.29. The van der Waals surface area contributed by atoms with Crippen molar-refractivity contribution in [3.63, 3.8) is 0 Å². The summed E-state index contributed by atoms with van der Waals surface area (Å²) in [6.45, 7) is 4.32. The topological polar surface area (TPSA) is 66.5 Å². The summed E-state index contributed by atoms with van der Waals surface area (Å²) >= 11 is 0. The highest BCUT2D eigenvalue weighted by molar-refractivity contribution is 7.92. The Morgan fingerprint density at radius 1 is 0.757 bits per heavy atom. The van der Waals surface area contributed by atoms with E-state index in [0.717, 1.165) is 17.5 Å².